The maximum Gasteiger partial charge on any atom is 0.242 e. The molecule has 20 heavy (non-hydrogen) atoms. The fourth-order valence-corrected chi connectivity index (χ4v) is 5.18. The Kier molecular flexibility index (Phi) is 5.90. The first kappa shape index (κ1) is 16.3. The fourth-order valence-electron chi connectivity index (χ4n) is 2.71. The second kappa shape index (κ2) is 7.25. The molecule has 1 aliphatic carbocycles. The lowest BCUT2D eigenvalue weighted by Crippen LogP contribution is -2.34. The van der Waals surface area contributed by atoms with Crippen molar-refractivity contribution in [3.05, 3.63) is 29.3 Å². The van der Waals surface area contributed by atoms with Gasteiger partial charge in [0, 0.05) is 11.9 Å². The molecule has 0 aliphatic heterocycles. The van der Waals surface area contributed by atoms with E-state index in [4.69, 9.17) is 11.6 Å². The number of hydrogen-bond acceptors (Lipinski definition) is 2. The van der Waals surface area contributed by atoms with Gasteiger partial charge in [-0.1, -0.05) is 52.5 Å². The molecule has 0 radical (unpaired) electrons. The maximum atomic E-state index is 12.3. The minimum Gasteiger partial charge on any atom is -0.211 e. The molecule has 1 aliphatic rings. The molecule has 2 unspecified atom stereocenters. The lowest BCUT2D eigenvalue weighted by Gasteiger charge is -2.30. The van der Waals surface area contributed by atoms with Gasteiger partial charge in [0.05, 0.1) is 5.02 Å². The summed E-state index contributed by atoms with van der Waals surface area (Å²) in [6.07, 6.45) is 4.68. The zero-order valence-corrected chi connectivity index (χ0v) is 14.3. The molecule has 2 rings (SSSR count). The van der Waals surface area contributed by atoms with Crippen LogP contribution in [0.4, 0.5) is 0 Å². The predicted molar refractivity (Wildman–Crippen MR) is 85.9 cm³/mol. The first-order valence-corrected chi connectivity index (χ1v) is 9.83. The molecule has 1 aromatic rings. The van der Waals surface area contributed by atoms with E-state index in [2.05, 4.69) is 20.7 Å². The number of rotatable bonds is 5. The van der Waals surface area contributed by atoms with E-state index in [1.54, 1.807) is 18.2 Å². The molecular formula is C14H19BrClNO2S. The van der Waals surface area contributed by atoms with Crippen LogP contribution in [0, 0.1) is 11.8 Å². The van der Waals surface area contributed by atoms with Crippen LogP contribution in [-0.4, -0.2) is 20.3 Å². The monoisotopic (exact) mass is 379 g/mol. The molecule has 0 amide bonds. The van der Waals surface area contributed by atoms with Crippen LogP contribution in [0.3, 0.4) is 0 Å². The molecule has 3 nitrogen and oxygen atoms in total. The second-order valence-electron chi connectivity index (χ2n) is 5.24. The predicted octanol–water partition coefficient (Wildman–Crippen LogP) is 3.82. The lowest BCUT2D eigenvalue weighted by atomic mass is 9.80. The Balaban J connectivity index is 2.04. The van der Waals surface area contributed by atoms with Gasteiger partial charge in [-0.05, 0) is 36.8 Å². The van der Waals surface area contributed by atoms with Gasteiger partial charge in [-0.2, -0.15) is 0 Å². The van der Waals surface area contributed by atoms with Crippen LogP contribution in [0.25, 0.3) is 0 Å². The Labute approximate surface area is 134 Å². The quantitative estimate of drug-likeness (QED) is 0.789. The minimum absolute atomic E-state index is 0.160. The van der Waals surface area contributed by atoms with Crippen LogP contribution in [0.5, 0.6) is 0 Å². The summed E-state index contributed by atoms with van der Waals surface area (Å²) >= 11 is 9.49. The van der Waals surface area contributed by atoms with Crippen molar-refractivity contribution in [3.8, 4) is 0 Å². The van der Waals surface area contributed by atoms with Crippen LogP contribution in [0.15, 0.2) is 29.2 Å². The van der Waals surface area contributed by atoms with Gasteiger partial charge in [0.25, 0.3) is 0 Å². The van der Waals surface area contributed by atoms with Gasteiger partial charge in [-0.15, -0.1) is 0 Å². The molecule has 0 bridgehead atoms. The first-order chi connectivity index (χ1) is 9.54. The van der Waals surface area contributed by atoms with Gasteiger partial charge in [0.15, 0.2) is 0 Å². The Hall–Kier alpha value is -0.100. The normalized spacial score (nSPS) is 23.7. The fraction of sp³-hybridized carbons (Fsp3) is 0.571. The van der Waals surface area contributed by atoms with Gasteiger partial charge in [0.2, 0.25) is 10.0 Å². The highest BCUT2D eigenvalue weighted by molar-refractivity contribution is 9.09. The van der Waals surface area contributed by atoms with Gasteiger partial charge in [-0.25, -0.2) is 13.1 Å². The van der Waals surface area contributed by atoms with Crippen molar-refractivity contribution in [2.75, 3.05) is 11.9 Å². The van der Waals surface area contributed by atoms with Gasteiger partial charge in [0.1, 0.15) is 4.90 Å². The largest absolute Gasteiger partial charge is 0.242 e. The maximum absolute atomic E-state index is 12.3. The molecule has 0 spiro atoms. The number of halogens is 2. The van der Waals surface area contributed by atoms with Gasteiger partial charge >= 0.3 is 0 Å². The van der Waals surface area contributed by atoms with Gasteiger partial charge in [-0.3, -0.25) is 0 Å². The summed E-state index contributed by atoms with van der Waals surface area (Å²) in [7, 11) is -3.52. The molecule has 6 heteroatoms. The summed E-state index contributed by atoms with van der Waals surface area (Å²) < 4.78 is 27.3. The van der Waals surface area contributed by atoms with E-state index in [1.165, 1.54) is 25.3 Å². The standard InChI is InChI=1S/C14H19BrClNO2S/c15-9-11-5-1-2-6-12(11)10-17-20(18,19)14-8-4-3-7-13(14)16/h3-4,7-8,11-12,17H,1-2,5-6,9-10H2. The molecule has 112 valence electrons. The van der Waals surface area contributed by atoms with Crippen LogP contribution < -0.4 is 4.72 Å². The smallest absolute Gasteiger partial charge is 0.211 e. The van der Waals surface area contributed by atoms with E-state index in [1.807, 2.05) is 0 Å². The Morgan fingerprint density at radius 1 is 1.20 bits per heavy atom. The number of sulfonamides is 1. The van der Waals surface area contributed by atoms with E-state index < -0.39 is 10.0 Å². The molecule has 0 aromatic heterocycles. The molecule has 2 atom stereocenters. The van der Waals surface area contributed by atoms with Crippen molar-refractivity contribution in [2.24, 2.45) is 11.8 Å². The third-order valence-corrected chi connectivity index (χ3v) is 6.68. The van der Waals surface area contributed by atoms with Crippen molar-refractivity contribution < 1.29 is 8.42 Å². The average molecular weight is 381 g/mol. The molecule has 1 saturated carbocycles. The van der Waals surface area contributed by atoms with Crippen LogP contribution in [-0.2, 0) is 10.0 Å². The first-order valence-electron chi connectivity index (χ1n) is 6.85. The number of hydrogen-bond donors (Lipinski definition) is 1. The summed E-state index contributed by atoms with van der Waals surface area (Å²) in [6.45, 7) is 0.490. The van der Waals surface area contributed by atoms with E-state index in [0.717, 1.165) is 11.8 Å². The van der Waals surface area contributed by atoms with Crippen molar-refractivity contribution >= 4 is 37.6 Å². The Morgan fingerprint density at radius 2 is 1.85 bits per heavy atom. The molecule has 0 saturated heterocycles. The summed E-state index contributed by atoms with van der Waals surface area (Å²) in [5.41, 5.74) is 0. The Bertz CT molecular complexity index is 550. The highest BCUT2D eigenvalue weighted by Crippen LogP contribution is 2.31. The highest BCUT2D eigenvalue weighted by Gasteiger charge is 2.26. The minimum atomic E-state index is -3.52. The molecular weight excluding hydrogens is 362 g/mol. The van der Waals surface area contributed by atoms with E-state index in [0.29, 0.717) is 18.4 Å². The average Bonchev–Trinajstić information content (AvgIpc) is 2.46. The summed E-state index contributed by atoms with van der Waals surface area (Å²) in [4.78, 5) is 0.160. The third-order valence-electron chi connectivity index (χ3n) is 3.93. The van der Waals surface area contributed by atoms with Crippen LogP contribution >= 0.6 is 27.5 Å². The second-order valence-corrected chi connectivity index (χ2v) is 8.03. The summed E-state index contributed by atoms with van der Waals surface area (Å²) in [6, 6.07) is 6.54. The molecule has 0 heterocycles. The number of alkyl halides is 1. The molecule has 1 N–H and O–H groups in total. The molecule has 1 aromatic carbocycles. The summed E-state index contributed by atoms with van der Waals surface area (Å²) in [5, 5.41) is 1.20. The zero-order chi connectivity index (χ0) is 14.6. The van der Waals surface area contributed by atoms with Crippen molar-refractivity contribution in [1.29, 1.82) is 0 Å². The van der Waals surface area contributed by atoms with Crippen LogP contribution in [0.1, 0.15) is 25.7 Å². The van der Waals surface area contributed by atoms with Crippen molar-refractivity contribution in [2.45, 2.75) is 30.6 Å². The highest BCUT2D eigenvalue weighted by atomic mass is 79.9. The SMILES string of the molecule is O=S(=O)(NCC1CCCCC1CBr)c1ccccc1Cl. The number of nitrogens with one attached hydrogen (secondary N) is 1. The Morgan fingerprint density at radius 3 is 2.50 bits per heavy atom. The third kappa shape index (κ3) is 3.97. The van der Waals surface area contributed by atoms with E-state index in [-0.39, 0.29) is 9.92 Å². The van der Waals surface area contributed by atoms with E-state index in [9.17, 15) is 8.42 Å². The van der Waals surface area contributed by atoms with Crippen LogP contribution in [0.2, 0.25) is 5.02 Å². The number of benzene rings is 1. The summed E-state index contributed by atoms with van der Waals surface area (Å²) in [5.74, 6) is 0.957. The van der Waals surface area contributed by atoms with E-state index >= 15 is 0 Å². The zero-order valence-electron chi connectivity index (χ0n) is 11.2. The van der Waals surface area contributed by atoms with Gasteiger partial charge < -0.3 is 0 Å². The lowest BCUT2D eigenvalue weighted by molar-refractivity contribution is 0.263. The van der Waals surface area contributed by atoms with Crippen molar-refractivity contribution in [3.63, 3.8) is 0 Å². The molecule has 1 fully saturated rings. The van der Waals surface area contributed by atoms with Crippen molar-refractivity contribution in [1.82, 2.24) is 4.72 Å². The topological polar surface area (TPSA) is 46.2 Å².